The van der Waals surface area contributed by atoms with Gasteiger partial charge < -0.3 is 14.6 Å². The molecule has 0 fully saturated rings. The standard InChI is InChI=1S/C20H24O4/c1-4-13-20(14-19(21)22,15-9-5-7-11-17(15)23-2)16-10-6-8-12-18(16)24-3/h5-12H,4,13-14H2,1-3H3,(H,21,22). The summed E-state index contributed by atoms with van der Waals surface area (Å²) in [4.78, 5) is 11.8. The second kappa shape index (κ2) is 7.86. The molecule has 1 N–H and O–H groups in total. The van der Waals surface area contributed by atoms with Gasteiger partial charge in [-0.3, -0.25) is 4.79 Å². The summed E-state index contributed by atoms with van der Waals surface area (Å²) in [6.07, 6.45) is 1.49. The molecule has 0 atom stereocenters. The van der Waals surface area contributed by atoms with Gasteiger partial charge in [-0.25, -0.2) is 0 Å². The van der Waals surface area contributed by atoms with Crippen molar-refractivity contribution in [1.82, 2.24) is 0 Å². The van der Waals surface area contributed by atoms with Gasteiger partial charge in [0.25, 0.3) is 0 Å². The Balaban J connectivity index is 2.79. The summed E-state index contributed by atoms with van der Waals surface area (Å²) in [6.45, 7) is 2.06. The maximum Gasteiger partial charge on any atom is 0.304 e. The van der Waals surface area contributed by atoms with Crippen LogP contribution in [0, 0.1) is 0 Å². The van der Waals surface area contributed by atoms with E-state index >= 15 is 0 Å². The molecule has 0 aliphatic rings. The van der Waals surface area contributed by atoms with Crippen molar-refractivity contribution in [2.45, 2.75) is 31.6 Å². The summed E-state index contributed by atoms with van der Waals surface area (Å²) in [5.74, 6) is 0.538. The van der Waals surface area contributed by atoms with Crippen LogP contribution in [0.5, 0.6) is 11.5 Å². The topological polar surface area (TPSA) is 55.8 Å². The molecule has 0 aromatic heterocycles. The van der Waals surface area contributed by atoms with Gasteiger partial charge in [0.05, 0.1) is 20.6 Å². The molecule has 0 bridgehead atoms. The molecule has 128 valence electrons. The predicted molar refractivity (Wildman–Crippen MR) is 93.9 cm³/mol. The van der Waals surface area contributed by atoms with E-state index in [1.54, 1.807) is 14.2 Å². The highest BCUT2D eigenvalue weighted by molar-refractivity contribution is 5.72. The van der Waals surface area contributed by atoms with E-state index in [0.29, 0.717) is 17.9 Å². The summed E-state index contributed by atoms with van der Waals surface area (Å²) in [5, 5.41) is 9.64. The lowest BCUT2D eigenvalue weighted by Crippen LogP contribution is -2.32. The third-order valence-corrected chi connectivity index (χ3v) is 4.37. The number of para-hydroxylation sites is 2. The van der Waals surface area contributed by atoms with E-state index in [0.717, 1.165) is 17.5 Å². The molecule has 0 heterocycles. The number of hydrogen-bond acceptors (Lipinski definition) is 3. The summed E-state index contributed by atoms with van der Waals surface area (Å²) < 4.78 is 11.1. The number of carbonyl (C=O) groups is 1. The van der Waals surface area contributed by atoms with Gasteiger partial charge in [0.15, 0.2) is 0 Å². The smallest absolute Gasteiger partial charge is 0.304 e. The van der Waals surface area contributed by atoms with E-state index in [2.05, 4.69) is 6.92 Å². The van der Waals surface area contributed by atoms with E-state index < -0.39 is 11.4 Å². The van der Waals surface area contributed by atoms with E-state index in [1.165, 1.54) is 0 Å². The molecule has 0 aliphatic heterocycles. The van der Waals surface area contributed by atoms with E-state index in [-0.39, 0.29) is 6.42 Å². The minimum atomic E-state index is -0.847. The van der Waals surface area contributed by atoms with Crippen molar-refractivity contribution >= 4 is 5.97 Å². The van der Waals surface area contributed by atoms with Crippen LogP contribution in [0.1, 0.15) is 37.3 Å². The number of carboxylic acids is 1. The van der Waals surface area contributed by atoms with Crippen LogP contribution in [0.2, 0.25) is 0 Å². The molecule has 0 unspecified atom stereocenters. The summed E-state index contributed by atoms with van der Waals surface area (Å²) in [7, 11) is 3.22. The van der Waals surface area contributed by atoms with Crippen LogP contribution in [0.3, 0.4) is 0 Å². The second-order valence-electron chi connectivity index (χ2n) is 5.80. The van der Waals surface area contributed by atoms with Gasteiger partial charge in [0.1, 0.15) is 11.5 Å². The minimum Gasteiger partial charge on any atom is -0.496 e. The number of carboxylic acid groups (broad SMARTS) is 1. The zero-order chi connectivity index (χ0) is 17.6. The summed E-state index contributed by atoms with van der Waals surface area (Å²) >= 11 is 0. The normalized spacial score (nSPS) is 11.1. The van der Waals surface area contributed by atoms with Gasteiger partial charge in [-0.15, -0.1) is 0 Å². The van der Waals surface area contributed by atoms with Crippen molar-refractivity contribution < 1.29 is 19.4 Å². The minimum absolute atomic E-state index is 0.0262. The Kier molecular flexibility index (Phi) is 5.85. The summed E-state index contributed by atoms with van der Waals surface area (Å²) in [6, 6.07) is 15.3. The van der Waals surface area contributed by atoms with Crippen LogP contribution in [-0.4, -0.2) is 25.3 Å². The van der Waals surface area contributed by atoms with E-state index in [9.17, 15) is 9.90 Å². The average Bonchev–Trinajstić information content (AvgIpc) is 2.60. The Morgan fingerprint density at radius 2 is 1.42 bits per heavy atom. The monoisotopic (exact) mass is 328 g/mol. The quantitative estimate of drug-likeness (QED) is 0.786. The molecule has 0 saturated carbocycles. The molecule has 0 amide bonds. The van der Waals surface area contributed by atoms with Crippen LogP contribution in [-0.2, 0) is 10.2 Å². The maximum absolute atomic E-state index is 11.8. The Hall–Kier alpha value is -2.49. The third kappa shape index (κ3) is 3.37. The molecule has 4 nitrogen and oxygen atoms in total. The highest BCUT2D eigenvalue weighted by atomic mass is 16.5. The molecule has 0 aliphatic carbocycles. The number of benzene rings is 2. The maximum atomic E-state index is 11.8. The molecule has 0 saturated heterocycles. The SMILES string of the molecule is CCCC(CC(=O)O)(c1ccccc1OC)c1ccccc1OC. The fraction of sp³-hybridized carbons (Fsp3) is 0.350. The summed E-state index contributed by atoms with van der Waals surface area (Å²) in [5.41, 5.74) is 1.04. The van der Waals surface area contributed by atoms with Gasteiger partial charge >= 0.3 is 5.97 Å². The lowest BCUT2D eigenvalue weighted by atomic mass is 9.68. The largest absolute Gasteiger partial charge is 0.496 e. The third-order valence-electron chi connectivity index (χ3n) is 4.37. The first-order valence-corrected chi connectivity index (χ1v) is 8.07. The van der Waals surface area contributed by atoms with Crippen molar-refractivity contribution in [1.29, 1.82) is 0 Å². The van der Waals surface area contributed by atoms with Gasteiger partial charge in [0.2, 0.25) is 0 Å². The molecule has 0 spiro atoms. The van der Waals surface area contributed by atoms with Crippen molar-refractivity contribution in [2.75, 3.05) is 14.2 Å². The molecular weight excluding hydrogens is 304 g/mol. The lowest BCUT2D eigenvalue weighted by molar-refractivity contribution is -0.138. The molecule has 0 radical (unpaired) electrons. The van der Waals surface area contributed by atoms with Crippen LogP contribution in [0.25, 0.3) is 0 Å². The lowest BCUT2D eigenvalue weighted by Gasteiger charge is -2.35. The molecule has 2 aromatic carbocycles. The van der Waals surface area contributed by atoms with Gasteiger partial charge in [-0.05, 0) is 18.6 Å². The van der Waals surface area contributed by atoms with E-state index in [1.807, 2.05) is 48.5 Å². The van der Waals surface area contributed by atoms with Crippen LogP contribution < -0.4 is 9.47 Å². The van der Waals surface area contributed by atoms with E-state index in [4.69, 9.17) is 9.47 Å². The number of methoxy groups -OCH3 is 2. The Morgan fingerprint density at radius 1 is 0.958 bits per heavy atom. The Bertz CT molecular complexity index is 646. The van der Waals surface area contributed by atoms with Crippen LogP contribution in [0.15, 0.2) is 48.5 Å². The number of ether oxygens (including phenoxy) is 2. The Morgan fingerprint density at radius 3 is 1.79 bits per heavy atom. The Labute approximate surface area is 143 Å². The van der Waals surface area contributed by atoms with Gasteiger partial charge in [-0.2, -0.15) is 0 Å². The first-order valence-electron chi connectivity index (χ1n) is 8.07. The number of rotatable bonds is 8. The van der Waals surface area contributed by atoms with Crippen molar-refractivity contribution in [3.8, 4) is 11.5 Å². The molecule has 24 heavy (non-hydrogen) atoms. The van der Waals surface area contributed by atoms with Crippen LogP contribution >= 0.6 is 0 Å². The first kappa shape index (κ1) is 17.9. The van der Waals surface area contributed by atoms with Crippen molar-refractivity contribution in [3.05, 3.63) is 59.7 Å². The van der Waals surface area contributed by atoms with Crippen molar-refractivity contribution in [2.24, 2.45) is 0 Å². The second-order valence-corrected chi connectivity index (χ2v) is 5.80. The van der Waals surface area contributed by atoms with Gasteiger partial charge in [0, 0.05) is 16.5 Å². The highest BCUT2D eigenvalue weighted by Gasteiger charge is 2.40. The first-order chi connectivity index (χ1) is 11.6. The average molecular weight is 328 g/mol. The molecular formula is C20H24O4. The zero-order valence-corrected chi connectivity index (χ0v) is 14.4. The molecule has 2 aromatic rings. The van der Waals surface area contributed by atoms with Crippen LogP contribution in [0.4, 0.5) is 0 Å². The predicted octanol–water partition coefficient (Wildman–Crippen LogP) is 4.26. The fourth-order valence-corrected chi connectivity index (χ4v) is 3.46. The highest BCUT2D eigenvalue weighted by Crippen LogP contribution is 2.47. The number of aliphatic carboxylic acids is 1. The number of hydrogen-bond donors (Lipinski definition) is 1. The van der Waals surface area contributed by atoms with Crippen molar-refractivity contribution in [3.63, 3.8) is 0 Å². The zero-order valence-electron chi connectivity index (χ0n) is 14.4. The fourth-order valence-electron chi connectivity index (χ4n) is 3.46. The molecule has 4 heteroatoms. The molecule has 2 rings (SSSR count). The van der Waals surface area contributed by atoms with Gasteiger partial charge in [-0.1, -0.05) is 49.7 Å².